The third-order valence-electron chi connectivity index (χ3n) is 6.40. The summed E-state index contributed by atoms with van der Waals surface area (Å²) in [5, 5.41) is 5.91. The fourth-order valence-corrected chi connectivity index (χ4v) is 4.41. The molecule has 0 radical (unpaired) electrons. The minimum atomic E-state index is -0.141. The quantitative estimate of drug-likeness (QED) is 0.788. The summed E-state index contributed by atoms with van der Waals surface area (Å²) in [7, 11) is 2.11. The van der Waals surface area contributed by atoms with Crippen LogP contribution in [0.15, 0.2) is 24.3 Å². The fourth-order valence-electron chi connectivity index (χ4n) is 4.41. The Morgan fingerprint density at radius 1 is 1.16 bits per heavy atom. The SMILES string of the molecule is C[C@H]1COCCN1c1nc(-c2ccc(NC(=O)NC3CCC3)cc2)nc2c1CN(C)C2. The molecular formula is C23H30N6O2. The number of benzene rings is 1. The molecule has 0 spiro atoms. The molecule has 0 bridgehead atoms. The molecular weight excluding hydrogens is 392 g/mol. The normalized spacial score (nSPS) is 21.5. The highest BCUT2D eigenvalue weighted by Gasteiger charge is 2.29. The number of fused-ring (bicyclic) bond motifs is 1. The molecule has 164 valence electrons. The molecule has 1 aliphatic carbocycles. The number of urea groups is 1. The lowest BCUT2D eigenvalue weighted by Gasteiger charge is -2.35. The minimum absolute atomic E-state index is 0.141. The molecule has 2 aromatic rings. The Kier molecular flexibility index (Phi) is 5.50. The van der Waals surface area contributed by atoms with E-state index in [1.807, 2.05) is 24.3 Å². The number of ether oxygens (including phenoxy) is 1. The first kappa shape index (κ1) is 20.2. The van der Waals surface area contributed by atoms with Gasteiger partial charge in [0.1, 0.15) is 5.82 Å². The number of hydrogen-bond donors (Lipinski definition) is 2. The molecule has 1 saturated carbocycles. The van der Waals surface area contributed by atoms with E-state index in [-0.39, 0.29) is 12.1 Å². The topological polar surface area (TPSA) is 82.6 Å². The van der Waals surface area contributed by atoms with Crippen LogP contribution in [0.5, 0.6) is 0 Å². The Morgan fingerprint density at radius 3 is 2.68 bits per heavy atom. The number of nitrogens with zero attached hydrogens (tertiary/aromatic N) is 4. The maximum atomic E-state index is 12.1. The summed E-state index contributed by atoms with van der Waals surface area (Å²) in [6.07, 6.45) is 3.34. The Balaban J connectivity index is 1.39. The smallest absolute Gasteiger partial charge is 0.319 e. The van der Waals surface area contributed by atoms with E-state index >= 15 is 0 Å². The highest BCUT2D eigenvalue weighted by molar-refractivity contribution is 5.89. The van der Waals surface area contributed by atoms with Crippen molar-refractivity contribution in [3.8, 4) is 11.4 Å². The molecule has 8 heteroatoms. The Morgan fingerprint density at radius 2 is 1.97 bits per heavy atom. The van der Waals surface area contributed by atoms with E-state index in [2.05, 4.69) is 34.4 Å². The predicted octanol–water partition coefficient (Wildman–Crippen LogP) is 2.99. The zero-order valence-corrected chi connectivity index (χ0v) is 18.2. The van der Waals surface area contributed by atoms with Gasteiger partial charge in [-0.25, -0.2) is 14.8 Å². The second kappa shape index (κ2) is 8.43. The Labute approximate surface area is 183 Å². The van der Waals surface area contributed by atoms with Gasteiger partial charge in [0.25, 0.3) is 0 Å². The van der Waals surface area contributed by atoms with Crippen molar-refractivity contribution in [3.63, 3.8) is 0 Å². The van der Waals surface area contributed by atoms with Crippen LogP contribution >= 0.6 is 0 Å². The van der Waals surface area contributed by atoms with Crippen molar-refractivity contribution in [1.29, 1.82) is 0 Å². The van der Waals surface area contributed by atoms with Gasteiger partial charge < -0.3 is 20.3 Å². The lowest BCUT2D eigenvalue weighted by molar-refractivity contribution is 0.0984. The van der Waals surface area contributed by atoms with Gasteiger partial charge in [-0.3, -0.25) is 4.90 Å². The van der Waals surface area contributed by atoms with E-state index in [1.165, 1.54) is 12.0 Å². The molecule has 3 heterocycles. The molecule has 1 aromatic carbocycles. The number of anilines is 2. The minimum Gasteiger partial charge on any atom is -0.377 e. The van der Waals surface area contributed by atoms with Gasteiger partial charge in [-0.1, -0.05) is 0 Å². The van der Waals surface area contributed by atoms with E-state index in [0.29, 0.717) is 12.6 Å². The molecule has 2 aliphatic heterocycles. The summed E-state index contributed by atoms with van der Waals surface area (Å²) in [6, 6.07) is 8.24. The van der Waals surface area contributed by atoms with Crippen LogP contribution in [0, 0.1) is 0 Å². The summed E-state index contributed by atoms with van der Waals surface area (Å²) >= 11 is 0. The van der Waals surface area contributed by atoms with Crippen molar-refractivity contribution in [2.24, 2.45) is 0 Å². The molecule has 2 fully saturated rings. The summed E-state index contributed by atoms with van der Waals surface area (Å²) in [6.45, 7) is 6.16. The molecule has 8 nitrogen and oxygen atoms in total. The molecule has 31 heavy (non-hydrogen) atoms. The lowest BCUT2D eigenvalue weighted by Crippen LogP contribution is -2.44. The summed E-state index contributed by atoms with van der Waals surface area (Å²) in [4.78, 5) is 26.6. The lowest BCUT2D eigenvalue weighted by atomic mass is 9.93. The number of nitrogens with one attached hydrogen (secondary N) is 2. The molecule has 1 atom stereocenters. The van der Waals surface area contributed by atoms with Crippen molar-refractivity contribution < 1.29 is 9.53 Å². The van der Waals surface area contributed by atoms with E-state index in [1.54, 1.807) is 0 Å². The third-order valence-corrected chi connectivity index (χ3v) is 6.40. The summed E-state index contributed by atoms with van der Waals surface area (Å²) in [5.41, 5.74) is 4.04. The van der Waals surface area contributed by atoms with E-state index < -0.39 is 0 Å². The van der Waals surface area contributed by atoms with E-state index in [0.717, 1.165) is 67.7 Å². The summed E-state index contributed by atoms with van der Waals surface area (Å²) < 4.78 is 5.63. The maximum absolute atomic E-state index is 12.1. The summed E-state index contributed by atoms with van der Waals surface area (Å²) in [5.74, 6) is 1.76. The molecule has 0 unspecified atom stereocenters. The molecule has 1 saturated heterocycles. The fraction of sp³-hybridized carbons (Fsp3) is 0.522. The van der Waals surface area contributed by atoms with Crippen LogP contribution in [-0.2, 0) is 17.8 Å². The highest BCUT2D eigenvalue weighted by atomic mass is 16.5. The van der Waals surface area contributed by atoms with Gasteiger partial charge in [0.15, 0.2) is 5.82 Å². The highest BCUT2D eigenvalue weighted by Crippen LogP contribution is 2.33. The zero-order valence-electron chi connectivity index (χ0n) is 18.2. The van der Waals surface area contributed by atoms with Gasteiger partial charge in [-0.15, -0.1) is 0 Å². The van der Waals surface area contributed by atoms with Gasteiger partial charge in [0.2, 0.25) is 0 Å². The molecule has 1 aromatic heterocycles. The van der Waals surface area contributed by atoms with Gasteiger partial charge in [-0.2, -0.15) is 0 Å². The van der Waals surface area contributed by atoms with Crippen LogP contribution in [-0.4, -0.2) is 59.8 Å². The number of hydrogen-bond acceptors (Lipinski definition) is 6. The number of aromatic nitrogens is 2. The van der Waals surface area contributed by atoms with Gasteiger partial charge in [-0.05, 0) is 57.5 Å². The van der Waals surface area contributed by atoms with Crippen molar-refractivity contribution >= 4 is 17.5 Å². The number of rotatable bonds is 4. The van der Waals surface area contributed by atoms with Crippen LogP contribution in [0.25, 0.3) is 11.4 Å². The van der Waals surface area contributed by atoms with Crippen LogP contribution in [0.2, 0.25) is 0 Å². The first-order chi connectivity index (χ1) is 15.1. The average Bonchev–Trinajstić information content (AvgIpc) is 3.11. The van der Waals surface area contributed by atoms with Gasteiger partial charge >= 0.3 is 6.03 Å². The van der Waals surface area contributed by atoms with Crippen molar-refractivity contribution in [2.45, 2.75) is 51.4 Å². The third kappa shape index (κ3) is 4.22. The van der Waals surface area contributed by atoms with Crippen molar-refractivity contribution in [2.75, 3.05) is 37.0 Å². The van der Waals surface area contributed by atoms with Crippen LogP contribution in [0.4, 0.5) is 16.3 Å². The van der Waals surface area contributed by atoms with Crippen LogP contribution in [0.3, 0.4) is 0 Å². The number of morpholine rings is 1. The second-order valence-electron chi connectivity index (χ2n) is 8.89. The zero-order chi connectivity index (χ0) is 21.4. The molecule has 5 rings (SSSR count). The van der Waals surface area contributed by atoms with Gasteiger partial charge in [0, 0.05) is 42.5 Å². The van der Waals surface area contributed by atoms with Crippen LogP contribution in [0.1, 0.15) is 37.4 Å². The van der Waals surface area contributed by atoms with E-state index in [4.69, 9.17) is 14.7 Å². The van der Waals surface area contributed by atoms with Crippen molar-refractivity contribution in [3.05, 3.63) is 35.5 Å². The Hall–Kier alpha value is -2.71. The second-order valence-corrected chi connectivity index (χ2v) is 8.89. The monoisotopic (exact) mass is 422 g/mol. The largest absolute Gasteiger partial charge is 0.377 e. The number of carbonyl (C=O) groups excluding carboxylic acids is 1. The van der Waals surface area contributed by atoms with Crippen molar-refractivity contribution in [1.82, 2.24) is 20.2 Å². The predicted molar refractivity (Wildman–Crippen MR) is 120 cm³/mol. The average molecular weight is 423 g/mol. The van der Waals surface area contributed by atoms with E-state index in [9.17, 15) is 4.79 Å². The number of carbonyl (C=O) groups is 1. The molecule has 2 amide bonds. The maximum Gasteiger partial charge on any atom is 0.319 e. The van der Waals surface area contributed by atoms with Gasteiger partial charge in [0.05, 0.1) is 24.9 Å². The molecule has 3 aliphatic rings. The van der Waals surface area contributed by atoms with Crippen LogP contribution < -0.4 is 15.5 Å². The Bertz CT molecular complexity index is 959. The number of amides is 2. The first-order valence-electron chi connectivity index (χ1n) is 11.2. The molecule has 2 N–H and O–H groups in total. The standard InChI is InChI=1S/C23H30N6O2/c1-15-14-31-11-10-29(15)22-19-12-28(2)13-20(19)26-21(27-22)16-6-8-18(9-7-16)25-23(30)24-17-4-3-5-17/h6-9,15,17H,3-5,10-14H2,1-2H3,(H2,24,25,30)/t15-/m0/s1. The first-order valence-corrected chi connectivity index (χ1v) is 11.2.